The highest BCUT2D eigenvalue weighted by Crippen LogP contribution is 2.37. The Labute approximate surface area is 170 Å². The van der Waals surface area contributed by atoms with Gasteiger partial charge in [-0.05, 0) is 24.3 Å². The van der Waals surface area contributed by atoms with Gasteiger partial charge in [-0.1, -0.05) is 17.7 Å². The van der Waals surface area contributed by atoms with E-state index in [9.17, 15) is 22.8 Å². The first kappa shape index (κ1) is 20.6. The fraction of sp³-hybridized carbons (Fsp3) is 0.0588. The van der Waals surface area contributed by atoms with E-state index in [1.165, 1.54) is 11.4 Å². The minimum absolute atomic E-state index is 0.0287. The van der Waals surface area contributed by atoms with Gasteiger partial charge in [0, 0.05) is 34.0 Å². The summed E-state index contributed by atoms with van der Waals surface area (Å²) < 4.78 is 39.4. The number of anilines is 1. The number of carbonyl (C=O) groups is 2. The van der Waals surface area contributed by atoms with Gasteiger partial charge in [0.2, 0.25) is 0 Å². The number of hydrogen-bond donors (Lipinski definition) is 3. The van der Waals surface area contributed by atoms with Crippen molar-refractivity contribution in [2.24, 2.45) is 0 Å². The summed E-state index contributed by atoms with van der Waals surface area (Å²) in [5.41, 5.74) is 3.32. The van der Waals surface area contributed by atoms with Gasteiger partial charge < -0.3 is 5.32 Å². The molecular weight excluding hydrogens is 431 g/mol. The quantitative estimate of drug-likeness (QED) is 0.527. The molecule has 0 aliphatic rings. The molecule has 1 aromatic carbocycles. The Morgan fingerprint density at radius 2 is 1.93 bits per heavy atom. The first-order valence-corrected chi connectivity index (χ1v) is 9.10. The maximum Gasteiger partial charge on any atom is 0.417 e. The number of benzene rings is 1. The van der Waals surface area contributed by atoms with E-state index in [-0.39, 0.29) is 16.3 Å². The van der Waals surface area contributed by atoms with E-state index in [2.05, 4.69) is 26.1 Å². The second kappa shape index (κ2) is 8.45. The van der Waals surface area contributed by atoms with Crippen LogP contribution >= 0.6 is 22.9 Å². The number of hydrazine groups is 1. The van der Waals surface area contributed by atoms with Crippen molar-refractivity contribution < 1.29 is 22.8 Å². The van der Waals surface area contributed by atoms with Crippen molar-refractivity contribution >= 4 is 40.6 Å². The Morgan fingerprint density at radius 1 is 1.14 bits per heavy atom. The molecule has 0 atom stereocenters. The predicted octanol–water partition coefficient (Wildman–Crippen LogP) is 4.34. The van der Waals surface area contributed by atoms with Gasteiger partial charge >= 0.3 is 12.2 Å². The van der Waals surface area contributed by atoms with Gasteiger partial charge in [-0.25, -0.2) is 15.2 Å². The fourth-order valence-corrected chi connectivity index (χ4v) is 3.23. The van der Waals surface area contributed by atoms with Crippen molar-refractivity contribution in [3.8, 4) is 10.6 Å². The first-order valence-electron chi connectivity index (χ1n) is 7.84. The summed E-state index contributed by atoms with van der Waals surface area (Å²) in [6.45, 7) is 0. The number of rotatable bonds is 3. The average molecular weight is 442 g/mol. The summed E-state index contributed by atoms with van der Waals surface area (Å²) in [4.78, 5) is 31.5. The Bertz CT molecular complexity index is 1060. The predicted molar refractivity (Wildman–Crippen MR) is 101 cm³/mol. The molecule has 3 amide bonds. The van der Waals surface area contributed by atoms with E-state index >= 15 is 0 Å². The van der Waals surface area contributed by atoms with Crippen LogP contribution in [-0.4, -0.2) is 21.9 Å². The maximum atomic E-state index is 13.1. The molecule has 150 valence electrons. The molecule has 0 saturated heterocycles. The topological polar surface area (TPSA) is 96.0 Å². The number of aromatic nitrogens is 2. The molecule has 29 heavy (non-hydrogen) atoms. The third kappa shape index (κ3) is 5.21. The number of nitrogens with zero attached hydrogens (tertiary/aromatic N) is 2. The van der Waals surface area contributed by atoms with Crippen LogP contribution in [0.25, 0.3) is 10.6 Å². The lowest BCUT2D eigenvalue weighted by Crippen LogP contribution is -2.44. The molecule has 0 spiro atoms. The van der Waals surface area contributed by atoms with Gasteiger partial charge in [-0.3, -0.25) is 15.2 Å². The van der Waals surface area contributed by atoms with E-state index in [1.807, 2.05) is 0 Å². The molecule has 0 radical (unpaired) electrons. The summed E-state index contributed by atoms with van der Waals surface area (Å²) in [5.74, 6) is -0.800. The number of alkyl halides is 3. The SMILES string of the molecule is O=C(NNC(=O)c1csc(-c2cnccc2C(F)(F)F)n1)Nc1cccc(Cl)c1. The van der Waals surface area contributed by atoms with Crippen molar-refractivity contribution in [2.45, 2.75) is 6.18 Å². The number of pyridine rings is 1. The second-order valence-electron chi connectivity index (χ2n) is 5.50. The van der Waals surface area contributed by atoms with Crippen LogP contribution in [0.15, 0.2) is 48.1 Å². The standard InChI is InChI=1S/C17H11ClF3N5O2S/c18-9-2-1-3-10(6-9)23-16(28)26-25-14(27)13-8-29-15(24-13)11-7-22-5-4-12(11)17(19,20)21/h1-8H,(H,25,27)(H2,23,26,28). The van der Waals surface area contributed by atoms with Crippen molar-refractivity contribution in [1.82, 2.24) is 20.8 Å². The van der Waals surface area contributed by atoms with E-state index in [0.717, 1.165) is 29.8 Å². The van der Waals surface area contributed by atoms with Gasteiger partial charge in [-0.15, -0.1) is 11.3 Å². The zero-order valence-electron chi connectivity index (χ0n) is 14.2. The summed E-state index contributed by atoms with van der Waals surface area (Å²) >= 11 is 6.65. The monoisotopic (exact) mass is 441 g/mol. The molecule has 0 saturated carbocycles. The lowest BCUT2D eigenvalue weighted by Gasteiger charge is -2.10. The van der Waals surface area contributed by atoms with Crippen LogP contribution in [0.1, 0.15) is 16.1 Å². The number of urea groups is 1. The molecule has 2 aromatic heterocycles. The molecule has 3 N–H and O–H groups in total. The summed E-state index contributed by atoms with van der Waals surface area (Å²) in [7, 11) is 0. The highest BCUT2D eigenvalue weighted by Gasteiger charge is 2.34. The Hall–Kier alpha value is -3.18. The van der Waals surface area contributed by atoms with Gasteiger partial charge in [0.25, 0.3) is 5.91 Å². The van der Waals surface area contributed by atoms with Crippen LogP contribution in [0.3, 0.4) is 0 Å². The number of nitrogens with one attached hydrogen (secondary N) is 3. The third-order valence-electron chi connectivity index (χ3n) is 3.47. The van der Waals surface area contributed by atoms with Crippen LogP contribution in [0, 0.1) is 0 Å². The number of amides is 3. The minimum Gasteiger partial charge on any atom is -0.307 e. The molecule has 0 fully saturated rings. The van der Waals surface area contributed by atoms with E-state index in [1.54, 1.807) is 18.2 Å². The molecule has 0 aliphatic heterocycles. The van der Waals surface area contributed by atoms with Crippen molar-refractivity contribution in [3.05, 3.63) is 64.4 Å². The summed E-state index contributed by atoms with van der Waals surface area (Å²) in [6.07, 6.45) is -2.54. The molecule has 2 heterocycles. The van der Waals surface area contributed by atoms with Crippen LogP contribution < -0.4 is 16.2 Å². The number of halogens is 4. The molecule has 0 aliphatic carbocycles. The third-order valence-corrected chi connectivity index (χ3v) is 4.58. The molecule has 12 heteroatoms. The van der Waals surface area contributed by atoms with Crippen molar-refractivity contribution in [1.29, 1.82) is 0 Å². The van der Waals surface area contributed by atoms with Crippen molar-refractivity contribution in [2.75, 3.05) is 5.32 Å². The van der Waals surface area contributed by atoms with Gasteiger partial charge in [0.1, 0.15) is 10.7 Å². The molecule has 0 bridgehead atoms. The Morgan fingerprint density at radius 3 is 2.66 bits per heavy atom. The summed E-state index contributed by atoms with van der Waals surface area (Å²) in [6, 6.07) is 6.42. The fourth-order valence-electron chi connectivity index (χ4n) is 2.22. The molecule has 3 rings (SSSR count). The number of carbonyl (C=O) groups excluding carboxylic acids is 2. The normalized spacial score (nSPS) is 11.0. The van der Waals surface area contributed by atoms with E-state index in [0.29, 0.717) is 10.7 Å². The highest BCUT2D eigenvalue weighted by molar-refractivity contribution is 7.13. The smallest absolute Gasteiger partial charge is 0.307 e. The van der Waals surface area contributed by atoms with Gasteiger partial charge in [0.05, 0.1) is 5.56 Å². The van der Waals surface area contributed by atoms with Gasteiger partial charge in [0.15, 0.2) is 0 Å². The zero-order chi connectivity index (χ0) is 21.0. The van der Waals surface area contributed by atoms with E-state index in [4.69, 9.17) is 11.6 Å². The minimum atomic E-state index is -4.59. The molecular formula is C17H11ClF3N5O2S. The number of hydrogen-bond acceptors (Lipinski definition) is 5. The van der Waals surface area contributed by atoms with Gasteiger partial charge in [-0.2, -0.15) is 13.2 Å². The largest absolute Gasteiger partial charge is 0.417 e. The second-order valence-corrected chi connectivity index (χ2v) is 6.80. The van der Waals surface area contributed by atoms with Crippen LogP contribution in [0.4, 0.5) is 23.7 Å². The molecule has 0 unspecified atom stereocenters. The summed E-state index contributed by atoms with van der Waals surface area (Å²) in [5, 5.41) is 4.10. The lowest BCUT2D eigenvalue weighted by molar-refractivity contribution is -0.137. The van der Waals surface area contributed by atoms with Crippen LogP contribution in [-0.2, 0) is 6.18 Å². The number of thiazole rings is 1. The van der Waals surface area contributed by atoms with Crippen LogP contribution in [0.5, 0.6) is 0 Å². The Kier molecular flexibility index (Phi) is 5.99. The van der Waals surface area contributed by atoms with Crippen LogP contribution in [0.2, 0.25) is 5.02 Å². The first-order chi connectivity index (χ1) is 13.7. The lowest BCUT2D eigenvalue weighted by atomic mass is 10.1. The molecule has 3 aromatic rings. The zero-order valence-corrected chi connectivity index (χ0v) is 15.8. The highest BCUT2D eigenvalue weighted by atomic mass is 35.5. The average Bonchev–Trinajstić information content (AvgIpc) is 3.16. The Balaban J connectivity index is 1.65. The molecule has 7 nitrogen and oxygen atoms in total. The van der Waals surface area contributed by atoms with E-state index < -0.39 is 23.7 Å². The van der Waals surface area contributed by atoms with Crippen molar-refractivity contribution in [3.63, 3.8) is 0 Å². The maximum absolute atomic E-state index is 13.1.